The van der Waals surface area contributed by atoms with E-state index in [1.54, 1.807) is 48.5 Å². The van der Waals surface area contributed by atoms with E-state index in [0.717, 1.165) is 21.7 Å². The molecule has 0 spiro atoms. The number of amides is 2. The first-order chi connectivity index (χ1) is 22.0. The maximum Gasteiger partial charge on any atom is 0.244 e. The van der Waals surface area contributed by atoms with Crippen molar-refractivity contribution in [3.63, 3.8) is 0 Å². The molecule has 2 atom stereocenters. The molecule has 0 aromatic heterocycles. The van der Waals surface area contributed by atoms with Gasteiger partial charge in [0.1, 0.15) is 24.9 Å². The smallest absolute Gasteiger partial charge is 0.244 e. The van der Waals surface area contributed by atoms with Crippen LogP contribution in [0.1, 0.15) is 37.0 Å². The summed E-state index contributed by atoms with van der Waals surface area (Å²) in [7, 11) is -3.91. The second-order valence-corrected chi connectivity index (χ2v) is 13.5. The van der Waals surface area contributed by atoms with Gasteiger partial charge in [0, 0.05) is 24.0 Å². The number of carbonyl (C=O) groups is 2. The molecule has 46 heavy (non-hydrogen) atoms. The second kappa shape index (κ2) is 16.3. The Balaban J connectivity index is 1.65. The largest absolute Gasteiger partial charge is 0.489 e. The third-order valence-electron chi connectivity index (χ3n) is 7.62. The van der Waals surface area contributed by atoms with E-state index in [1.807, 2.05) is 74.5 Å². The van der Waals surface area contributed by atoms with Crippen molar-refractivity contribution in [2.75, 3.05) is 17.1 Å². The maximum absolute atomic E-state index is 14.3. The zero-order valence-electron chi connectivity index (χ0n) is 26.3. The van der Waals surface area contributed by atoms with Crippen molar-refractivity contribution < 1.29 is 22.7 Å². The molecule has 0 radical (unpaired) electrons. The molecule has 10 heteroatoms. The van der Waals surface area contributed by atoms with Crippen LogP contribution in [0.3, 0.4) is 0 Å². The SMILES string of the molecule is CC[C@@H](C)NC(=O)[C@@H](Cc1ccccc1)N(Cc1ccccc1Cl)C(=O)CN(c1ccc(OCc2ccccc2)cc1)S(C)(=O)=O. The molecule has 0 aliphatic carbocycles. The summed E-state index contributed by atoms with van der Waals surface area (Å²) in [5, 5.41) is 3.46. The predicted molar refractivity (Wildman–Crippen MR) is 183 cm³/mol. The normalized spacial score (nSPS) is 12.5. The lowest BCUT2D eigenvalue weighted by atomic mass is 10.0. The molecule has 0 aliphatic heterocycles. The lowest BCUT2D eigenvalue weighted by Crippen LogP contribution is -2.54. The van der Waals surface area contributed by atoms with Crippen LogP contribution in [-0.2, 0) is 39.2 Å². The molecule has 0 fully saturated rings. The summed E-state index contributed by atoms with van der Waals surface area (Å²) in [6.07, 6.45) is 1.98. The minimum atomic E-state index is -3.91. The van der Waals surface area contributed by atoms with E-state index in [-0.39, 0.29) is 24.9 Å². The van der Waals surface area contributed by atoms with Crippen LogP contribution in [0.4, 0.5) is 5.69 Å². The van der Waals surface area contributed by atoms with Crippen LogP contribution in [0.15, 0.2) is 109 Å². The van der Waals surface area contributed by atoms with Gasteiger partial charge in [-0.05, 0) is 60.4 Å². The summed E-state index contributed by atoms with van der Waals surface area (Å²) < 4.78 is 33.1. The van der Waals surface area contributed by atoms with Gasteiger partial charge in [-0.25, -0.2) is 8.42 Å². The van der Waals surface area contributed by atoms with Crippen molar-refractivity contribution >= 4 is 39.1 Å². The zero-order chi connectivity index (χ0) is 33.1. The molecule has 2 amide bonds. The first-order valence-corrected chi connectivity index (χ1v) is 17.4. The molecular formula is C36H40ClN3O5S. The lowest BCUT2D eigenvalue weighted by Gasteiger charge is -2.34. The number of ether oxygens (including phenoxy) is 1. The quantitative estimate of drug-likeness (QED) is 0.163. The Hall–Kier alpha value is -4.34. The number of hydrogen-bond donors (Lipinski definition) is 1. The molecule has 0 saturated carbocycles. The first kappa shape index (κ1) is 34.5. The van der Waals surface area contributed by atoms with Gasteiger partial charge in [-0.2, -0.15) is 0 Å². The number of benzene rings is 4. The number of carbonyl (C=O) groups excluding carboxylic acids is 2. The molecule has 0 unspecified atom stereocenters. The molecule has 1 N–H and O–H groups in total. The van der Waals surface area contributed by atoms with Gasteiger partial charge in [0.2, 0.25) is 21.8 Å². The van der Waals surface area contributed by atoms with E-state index in [9.17, 15) is 18.0 Å². The van der Waals surface area contributed by atoms with E-state index in [2.05, 4.69) is 5.32 Å². The molecule has 0 heterocycles. The summed E-state index contributed by atoms with van der Waals surface area (Å²) >= 11 is 6.52. The van der Waals surface area contributed by atoms with Gasteiger partial charge < -0.3 is 15.0 Å². The number of nitrogens with one attached hydrogen (secondary N) is 1. The summed E-state index contributed by atoms with van der Waals surface area (Å²) in [6, 6.07) is 31.7. The Morgan fingerprint density at radius 2 is 1.43 bits per heavy atom. The van der Waals surface area contributed by atoms with Crippen LogP contribution >= 0.6 is 11.6 Å². The van der Waals surface area contributed by atoms with Crippen LogP contribution in [0, 0.1) is 0 Å². The minimum absolute atomic E-state index is 0.00774. The second-order valence-electron chi connectivity index (χ2n) is 11.2. The van der Waals surface area contributed by atoms with Crippen molar-refractivity contribution in [2.45, 2.75) is 51.9 Å². The standard InChI is InChI=1S/C36H40ClN3O5S/c1-4-27(2)38-36(42)34(23-28-13-7-5-8-14-28)39(24-30-17-11-12-18-33(30)37)35(41)25-40(46(3,43)44)31-19-21-32(22-20-31)45-26-29-15-9-6-10-16-29/h5-22,27,34H,4,23-26H2,1-3H3,(H,38,42)/t27-,34-/m1/s1. The number of hydrogen-bond acceptors (Lipinski definition) is 5. The molecule has 4 rings (SSSR count). The lowest BCUT2D eigenvalue weighted by molar-refractivity contribution is -0.140. The highest BCUT2D eigenvalue weighted by atomic mass is 35.5. The van der Waals surface area contributed by atoms with Gasteiger partial charge in [-0.1, -0.05) is 97.4 Å². The van der Waals surface area contributed by atoms with Crippen molar-refractivity contribution in [2.24, 2.45) is 0 Å². The molecule has 242 valence electrons. The van der Waals surface area contributed by atoms with Crippen LogP contribution in [-0.4, -0.2) is 50.0 Å². The average Bonchev–Trinajstić information content (AvgIpc) is 3.05. The Morgan fingerprint density at radius 1 is 0.848 bits per heavy atom. The Kier molecular flexibility index (Phi) is 12.2. The number of nitrogens with zero attached hydrogens (tertiary/aromatic N) is 2. The van der Waals surface area contributed by atoms with E-state index >= 15 is 0 Å². The molecule has 0 aliphatic rings. The molecule has 4 aromatic carbocycles. The summed E-state index contributed by atoms with van der Waals surface area (Å²) in [5.41, 5.74) is 2.79. The van der Waals surface area contributed by atoms with E-state index < -0.39 is 28.5 Å². The van der Waals surface area contributed by atoms with Crippen molar-refractivity contribution in [3.05, 3.63) is 131 Å². The van der Waals surface area contributed by atoms with E-state index in [1.165, 1.54) is 4.90 Å². The van der Waals surface area contributed by atoms with Crippen LogP contribution in [0.25, 0.3) is 0 Å². The van der Waals surface area contributed by atoms with Crippen molar-refractivity contribution in [3.8, 4) is 5.75 Å². The number of rotatable bonds is 15. The van der Waals surface area contributed by atoms with Gasteiger partial charge >= 0.3 is 0 Å². The van der Waals surface area contributed by atoms with Gasteiger partial charge in [0.25, 0.3) is 0 Å². The monoisotopic (exact) mass is 661 g/mol. The van der Waals surface area contributed by atoms with Gasteiger partial charge in [-0.3, -0.25) is 13.9 Å². The minimum Gasteiger partial charge on any atom is -0.489 e. The summed E-state index contributed by atoms with van der Waals surface area (Å²) in [4.78, 5) is 29.5. The van der Waals surface area contributed by atoms with E-state index in [4.69, 9.17) is 16.3 Å². The Bertz CT molecular complexity index is 1690. The Morgan fingerprint density at radius 3 is 2.02 bits per heavy atom. The topological polar surface area (TPSA) is 96.0 Å². The number of halogens is 1. The zero-order valence-corrected chi connectivity index (χ0v) is 27.9. The number of sulfonamides is 1. The summed E-state index contributed by atoms with van der Waals surface area (Å²) in [6.45, 7) is 3.71. The Labute approximate surface area is 277 Å². The van der Waals surface area contributed by atoms with Crippen molar-refractivity contribution in [1.29, 1.82) is 0 Å². The van der Waals surface area contributed by atoms with Crippen LogP contribution in [0.2, 0.25) is 5.02 Å². The average molecular weight is 662 g/mol. The third-order valence-corrected chi connectivity index (χ3v) is 9.13. The fraction of sp³-hybridized carbons (Fsp3) is 0.278. The fourth-order valence-electron chi connectivity index (χ4n) is 4.87. The van der Waals surface area contributed by atoms with Crippen LogP contribution in [0.5, 0.6) is 5.75 Å². The predicted octanol–water partition coefficient (Wildman–Crippen LogP) is 6.24. The first-order valence-electron chi connectivity index (χ1n) is 15.2. The summed E-state index contributed by atoms with van der Waals surface area (Å²) in [5.74, 6) is -0.322. The molecule has 8 nitrogen and oxygen atoms in total. The highest BCUT2D eigenvalue weighted by Gasteiger charge is 2.33. The van der Waals surface area contributed by atoms with Crippen molar-refractivity contribution in [1.82, 2.24) is 10.2 Å². The molecule has 4 aromatic rings. The third kappa shape index (κ3) is 9.83. The van der Waals surface area contributed by atoms with E-state index in [0.29, 0.717) is 35.1 Å². The highest BCUT2D eigenvalue weighted by molar-refractivity contribution is 7.92. The molecular weight excluding hydrogens is 622 g/mol. The molecule has 0 saturated heterocycles. The van der Waals surface area contributed by atoms with Gasteiger partial charge in [-0.15, -0.1) is 0 Å². The fourth-order valence-corrected chi connectivity index (χ4v) is 5.91. The maximum atomic E-state index is 14.3. The number of anilines is 1. The van der Waals surface area contributed by atoms with Gasteiger partial charge in [0.05, 0.1) is 11.9 Å². The van der Waals surface area contributed by atoms with Gasteiger partial charge in [0.15, 0.2) is 0 Å². The highest BCUT2D eigenvalue weighted by Crippen LogP contribution is 2.25. The molecule has 0 bridgehead atoms. The van der Waals surface area contributed by atoms with Crippen LogP contribution < -0.4 is 14.4 Å².